The number of β-amino-alcohol motifs (C(OH)–C–C–N with tert-alkyl or cyclic N) is 1. The van der Waals surface area contributed by atoms with Crippen molar-refractivity contribution in [1.29, 1.82) is 0 Å². The molecule has 2 atom stereocenters. The Balaban J connectivity index is 0.00000128. The van der Waals surface area contributed by atoms with E-state index in [4.69, 9.17) is 11.6 Å². The third-order valence-corrected chi connectivity index (χ3v) is 3.98. The van der Waals surface area contributed by atoms with Crippen molar-refractivity contribution in [2.75, 3.05) is 18.8 Å². The molecular formula is C11H15Cl2NOS. The molecule has 0 saturated carbocycles. The summed E-state index contributed by atoms with van der Waals surface area (Å²) in [5, 5.41) is 13.6. The molecule has 1 saturated heterocycles. The maximum atomic E-state index is 9.62. The van der Waals surface area contributed by atoms with Crippen LogP contribution in [0.25, 0.3) is 0 Å². The lowest BCUT2D eigenvalue weighted by Crippen LogP contribution is -2.19. The molecule has 0 aromatic heterocycles. The summed E-state index contributed by atoms with van der Waals surface area (Å²) in [5.41, 5.74) is 0. The van der Waals surface area contributed by atoms with Gasteiger partial charge in [0.15, 0.2) is 0 Å². The molecule has 1 heterocycles. The van der Waals surface area contributed by atoms with Crippen molar-refractivity contribution >= 4 is 35.8 Å². The standard InChI is InChI=1S/C11H14ClNOS.ClH/c12-9-2-1-3-10(4-9)15-7-8-5-13-6-11(8)14;/h1-4,8,11,13-14H,5-7H2;1H/t8-,11+;/m1./s1. The van der Waals surface area contributed by atoms with Crippen LogP contribution in [0.1, 0.15) is 0 Å². The largest absolute Gasteiger partial charge is 0.391 e. The lowest BCUT2D eigenvalue weighted by atomic mass is 10.1. The minimum Gasteiger partial charge on any atom is -0.391 e. The topological polar surface area (TPSA) is 32.3 Å². The molecule has 1 aromatic carbocycles. The summed E-state index contributed by atoms with van der Waals surface area (Å²) >= 11 is 7.65. The van der Waals surface area contributed by atoms with Crippen molar-refractivity contribution in [3.05, 3.63) is 29.3 Å². The number of nitrogens with one attached hydrogen (secondary N) is 1. The summed E-state index contributed by atoms with van der Waals surface area (Å²) in [4.78, 5) is 1.17. The lowest BCUT2D eigenvalue weighted by molar-refractivity contribution is 0.158. The number of aliphatic hydroxyl groups is 1. The number of benzene rings is 1. The van der Waals surface area contributed by atoms with Crippen molar-refractivity contribution in [3.8, 4) is 0 Å². The second kappa shape index (κ2) is 6.72. The first-order valence-electron chi connectivity index (χ1n) is 5.03. The predicted octanol–water partition coefficient (Wildman–Crippen LogP) is 2.43. The maximum Gasteiger partial charge on any atom is 0.0712 e. The summed E-state index contributed by atoms with van der Waals surface area (Å²) in [5.74, 6) is 1.29. The van der Waals surface area contributed by atoms with Crippen LogP contribution in [0.4, 0.5) is 0 Å². The second-order valence-corrected chi connectivity index (χ2v) is 5.28. The molecule has 2 N–H and O–H groups in total. The summed E-state index contributed by atoms with van der Waals surface area (Å²) in [7, 11) is 0. The van der Waals surface area contributed by atoms with Crippen LogP contribution in [0.3, 0.4) is 0 Å². The van der Waals surface area contributed by atoms with E-state index in [0.717, 1.165) is 23.9 Å². The van der Waals surface area contributed by atoms with E-state index < -0.39 is 0 Å². The molecule has 1 aromatic rings. The number of rotatable bonds is 3. The van der Waals surface area contributed by atoms with Gasteiger partial charge in [0.1, 0.15) is 0 Å². The van der Waals surface area contributed by atoms with Crippen LogP contribution in [0, 0.1) is 5.92 Å². The van der Waals surface area contributed by atoms with Gasteiger partial charge < -0.3 is 10.4 Å². The monoisotopic (exact) mass is 279 g/mol. The highest BCUT2D eigenvalue weighted by molar-refractivity contribution is 7.99. The molecule has 0 radical (unpaired) electrons. The fourth-order valence-electron chi connectivity index (χ4n) is 1.65. The molecular weight excluding hydrogens is 265 g/mol. The lowest BCUT2D eigenvalue weighted by Gasteiger charge is -2.12. The van der Waals surface area contributed by atoms with Crippen molar-refractivity contribution in [1.82, 2.24) is 5.32 Å². The summed E-state index contributed by atoms with van der Waals surface area (Å²) in [6.07, 6.45) is -0.198. The summed E-state index contributed by atoms with van der Waals surface area (Å²) in [6.45, 7) is 1.63. The molecule has 5 heteroatoms. The smallest absolute Gasteiger partial charge is 0.0712 e. The highest BCUT2D eigenvalue weighted by atomic mass is 35.5. The van der Waals surface area contributed by atoms with Crippen LogP contribution >= 0.6 is 35.8 Å². The molecule has 1 aliphatic rings. The molecule has 2 nitrogen and oxygen atoms in total. The first-order chi connectivity index (χ1) is 7.25. The minimum atomic E-state index is -0.198. The van der Waals surface area contributed by atoms with Gasteiger partial charge >= 0.3 is 0 Å². The van der Waals surface area contributed by atoms with Crippen molar-refractivity contribution in [3.63, 3.8) is 0 Å². The van der Waals surface area contributed by atoms with Crippen LogP contribution in [0.2, 0.25) is 5.02 Å². The van der Waals surface area contributed by atoms with E-state index in [1.54, 1.807) is 11.8 Å². The fraction of sp³-hybridized carbons (Fsp3) is 0.455. The van der Waals surface area contributed by atoms with E-state index >= 15 is 0 Å². The molecule has 0 amide bonds. The zero-order valence-corrected chi connectivity index (χ0v) is 11.1. The molecule has 1 aliphatic heterocycles. The Labute approximate surface area is 111 Å². The van der Waals surface area contributed by atoms with Gasteiger partial charge in [0, 0.05) is 34.7 Å². The third kappa shape index (κ3) is 3.82. The SMILES string of the molecule is Cl.O[C@H]1CNC[C@@H]1CSc1cccc(Cl)c1. The summed E-state index contributed by atoms with van der Waals surface area (Å²) < 4.78 is 0. The van der Waals surface area contributed by atoms with E-state index in [0.29, 0.717) is 5.92 Å². The molecule has 0 spiro atoms. The number of aliphatic hydroxyl groups excluding tert-OH is 1. The van der Waals surface area contributed by atoms with Gasteiger partial charge in [-0.15, -0.1) is 24.2 Å². The van der Waals surface area contributed by atoms with Gasteiger partial charge in [0.25, 0.3) is 0 Å². The Morgan fingerprint density at radius 2 is 2.25 bits per heavy atom. The van der Waals surface area contributed by atoms with Gasteiger partial charge in [-0.25, -0.2) is 0 Å². The molecule has 0 aliphatic carbocycles. The highest BCUT2D eigenvalue weighted by Crippen LogP contribution is 2.25. The molecule has 0 bridgehead atoms. The number of hydrogen-bond acceptors (Lipinski definition) is 3. The molecule has 90 valence electrons. The molecule has 0 unspecified atom stereocenters. The number of thioether (sulfide) groups is 1. The zero-order chi connectivity index (χ0) is 10.7. The Bertz CT molecular complexity index is 338. The van der Waals surface area contributed by atoms with Gasteiger partial charge in [0.2, 0.25) is 0 Å². The van der Waals surface area contributed by atoms with Gasteiger partial charge in [0.05, 0.1) is 6.10 Å². The Kier molecular flexibility index (Phi) is 5.94. The molecule has 1 fully saturated rings. The van der Waals surface area contributed by atoms with Crippen LogP contribution < -0.4 is 5.32 Å². The van der Waals surface area contributed by atoms with E-state index in [1.165, 1.54) is 4.90 Å². The maximum absolute atomic E-state index is 9.62. The van der Waals surface area contributed by atoms with Crippen LogP contribution in [-0.2, 0) is 0 Å². The second-order valence-electron chi connectivity index (χ2n) is 3.75. The van der Waals surface area contributed by atoms with Crippen LogP contribution in [0.5, 0.6) is 0 Å². The molecule has 16 heavy (non-hydrogen) atoms. The average Bonchev–Trinajstić information content (AvgIpc) is 2.61. The first-order valence-corrected chi connectivity index (χ1v) is 6.39. The first kappa shape index (κ1) is 14.1. The van der Waals surface area contributed by atoms with E-state index in [9.17, 15) is 5.11 Å². The van der Waals surface area contributed by atoms with E-state index in [1.807, 2.05) is 24.3 Å². The van der Waals surface area contributed by atoms with Crippen molar-refractivity contribution < 1.29 is 5.11 Å². The van der Waals surface area contributed by atoms with Gasteiger partial charge in [-0.3, -0.25) is 0 Å². The van der Waals surface area contributed by atoms with Gasteiger partial charge in [-0.05, 0) is 18.2 Å². The van der Waals surface area contributed by atoms with Crippen LogP contribution in [-0.4, -0.2) is 30.1 Å². The minimum absolute atomic E-state index is 0. The highest BCUT2D eigenvalue weighted by Gasteiger charge is 2.24. The predicted molar refractivity (Wildman–Crippen MR) is 71.8 cm³/mol. The van der Waals surface area contributed by atoms with Crippen molar-refractivity contribution in [2.45, 2.75) is 11.0 Å². The van der Waals surface area contributed by atoms with Crippen LogP contribution in [0.15, 0.2) is 29.2 Å². The van der Waals surface area contributed by atoms with E-state index in [-0.39, 0.29) is 18.5 Å². The zero-order valence-electron chi connectivity index (χ0n) is 8.73. The Morgan fingerprint density at radius 1 is 1.44 bits per heavy atom. The Morgan fingerprint density at radius 3 is 2.88 bits per heavy atom. The van der Waals surface area contributed by atoms with Crippen molar-refractivity contribution in [2.24, 2.45) is 5.92 Å². The molecule has 2 rings (SSSR count). The third-order valence-electron chi connectivity index (χ3n) is 2.56. The van der Waals surface area contributed by atoms with E-state index in [2.05, 4.69) is 5.32 Å². The number of halogens is 2. The number of hydrogen-bond donors (Lipinski definition) is 2. The fourth-order valence-corrected chi connectivity index (χ4v) is 3.04. The normalized spacial score (nSPS) is 24.1. The average molecular weight is 280 g/mol. The quantitative estimate of drug-likeness (QED) is 0.834. The Hall–Kier alpha value is 0.0700. The van der Waals surface area contributed by atoms with Gasteiger partial charge in [-0.1, -0.05) is 17.7 Å². The summed E-state index contributed by atoms with van der Waals surface area (Å²) in [6, 6.07) is 7.83. The van der Waals surface area contributed by atoms with Gasteiger partial charge in [-0.2, -0.15) is 0 Å².